The van der Waals surface area contributed by atoms with Gasteiger partial charge in [0.15, 0.2) is 5.82 Å². The first kappa shape index (κ1) is 18.2. The molecule has 1 N–H and O–H groups in total. The van der Waals surface area contributed by atoms with Gasteiger partial charge >= 0.3 is 0 Å². The summed E-state index contributed by atoms with van der Waals surface area (Å²) in [4.78, 5) is 25.3. The second-order valence-electron chi connectivity index (χ2n) is 7.13. The van der Waals surface area contributed by atoms with Crippen LogP contribution in [0.1, 0.15) is 12.8 Å². The van der Waals surface area contributed by atoms with Crippen molar-refractivity contribution in [1.82, 2.24) is 14.9 Å². The Morgan fingerprint density at radius 1 is 1.21 bits per heavy atom. The van der Waals surface area contributed by atoms with E-state index >= 15 is 0 Å². The van der Waals surface area contributed by atoms with Gasteiger partial charge < -0.3 is 14.9 Å². The minimum Gasteiger partial charge on any atom is -0.507 e. The number of rotatable bonds is 3. The predicted octanol–water partition coefficient (Wildman–Crippen LogP) is 3.20. The van der Waals surface area contributed by atoms with Gasteiger partial charge in [-0.1, -0.05) is 12.1 Å². The van der Waals surface area contributed by atoms with Crippen molar-refractivity contribution in [3.05, 3.63) is 48.3 Å². The fourth-order valence-electron chi connectivity index (χ4n) is 3.66. The highest BCUT2D eigenvalue weighted by Gasteiger charge is 2.34. The Kier molecular flexibility index (Phi) is 4.58. The minimum absolute atomic E-state index is 0.00947. The molecule has 7 heteroatoms. The zero-order chi connectivity index (χ0) is 19.8. The van der Waals surface area contributed by atoms with Gasteiger partial charge in [-0.05, 0) is 43.2 Å². The molecule has 1 atom stereocenters. The average molecular weight is 380 g/mol. The van der Waals surface area contributed by atoms with Crippen LogP contribution in [0.15, 0.2) is 42.5 Å². The molecule has 1 aliphatic rings. The molecule has 0 spiro atoms. The minimum atomic E-state index is -0.387. The van der Waals surface area contributed by atoms with Gasteiger partial charge in [0.25, 0.3) is 0 Å². The van der Waals surface area contributed by atoms with Crippen LogP contribution < -0.4 is 4.90 Å². The predicted molar refractivity (Wildman–Crippen MR) is 106 cm³/mol. The van der Waals surface area contributed by atoms with Crippen molar-refractivity contribution in [3.8, 4) is 17.1 Å². The molecule has 0 unspecified atom stereocenters. The van der Waals surface area contributed by atoms with E-state index in [0.717, 1.165) is 6.42 Å². The van der Waals surface area contributed by atoms with Gasteiger partial charge in [0.05, 0.1) is 11.1 Å². The van der Waals surface area contributed by atoms with Crippen LogP contribution in [-0.4, -0.2) is 52.6 Å². The lowest BCUT2D eigenvalue weighted by Crippen LogP contribution is -2.43. The number of benzene rings is 2. The molecule has 1 aromatic heterocycles. The quantitative estimate of drug-likeness (QED) is 0.756. The second kappa shape index (κ2) is 7.07. The second-order valence-corrected chi connectivity index (χ2v) is 7.13. The first-order valence-corrected chi connectivity index (χ1v) is 9.19. The van der Waals surface area contributed by atoms with E-state index < -0.39 is 0 Å². The monoisotopic (exact) mass is 380 g/mol. The van der Waals surface area contributed by atoms with E-state index in [-0.39, 0.29) is 23.5 Å². The van der Waals surface area contributed by atoms with Crippen molar-refractivity contribution in [2.75, 3.05) is 25.5 Å². The number of phenols is 1. The van der Waals surface area contributed by atoms with Crippen molar-refractivity contribution in [1.29, 1.82) is 0 Å². The summed E-state index contributed by atoms with van der Waals surface area (Å²) in [5.41, 5.74) is 1.05. The van der Waals surface area contributed by atoms with E-state index in [0.29, 0.717) is 41.1 Å². The number of fused-ring (bicyclic) bond motifs is 1. The summed E-state index contributed by atoms with van der Waals surface area (Å²) in [6, 6.07) is 10.8. The number of likely N-dealkylation sites (N-methyl/N-ethyl adjacent to an activating group) is 1. The highest BCUT2D eigenvalue weighted by atomic mass is 19.1. The third kappa shape index (κ3) is 3.13. The molecule has 1 fully saturated rings. The maximum Gasteiger partial charge on any atom is 0.244 e. The number of amides is 1. The molecular weight excluding hydrogens is 359 g/mol. The highest BCUT2D eigenvalue weighted by molar-refractivity contribution is 5.94. The smallest absolute Gasteiger partial charge is 0.244 e. The van der Waals surface area contributed by atoms with E-state index in [1.807, 2.05) is 4.90 Å². The van der Waals surface area contributed by atoms with E-state index in [1.54, 1.807) is 49.3 Å². The lowest BCUT2D eigenvalue weighted by molar-refractivity contribution is -0.129. The molecule has 2 aromatic carbocycles. The zero-order valence-electron chi connectivity index (χ0n) is 15.8. The van der Waals surface area contributed by atoms with Crippen molar-refractivity contribution in [2.45, 2.75) is 18.9 Å². The number of phenolic OH excluding ortho intramolecular Hbond substituents is 1. The van der Waals surface area contributed by atoms with Crippen LogP contribution in [0.4, 0.5) is 10.2 Å². The third-order valence-corrected chi connectivity index (χ3v) is 5.03. The summed E-state index contributed by atoms with van der Waals surface area (Å²) in [5, 5.41) is 10.8. The Labute approximate surface area is 162 Å². The molecule has 0 bridgehead atoms. The number of para-hydroxylation sites is 1. The molecule has 0 radical (unpaired) electrons. The maximum absolute atomic E-state index is 14.0. The van der Waals surface area contributed by atoms with Crippen LogP contribution in [-0.2, 0) is 4.79 Å². The van der Waals surface area contributed by atoms with Crippen LogP contribution in [0.2, 0.25) is 0 Å². The summed E-state index contributed by atoms with van der Waals surface area (Å²) in [7, 11) is 3.45. The van der Waals surface area contributed by atoms with Gasteiger partial charge in [0.2, 0.25) is 5.91 Å². The molecule has 1 aliphatic heterocycles. The highest BCUT2D eigenvalue weighted by Crippen LogP contribution is 2.35. The molecular formula is C21H21FN4O2. The standard InChI is InChI=1S/C21H21FN4O2/c1-25(2)21(28)17-7-5-11-26(17)20-15-12-13(22)9-10-16(15)23-19(24-20)14-6-3-4-8-18(14)27/h3-4,6,8-10,12,17,27H,5,7,11H2,1-2H3/t17-/m0/s1. The number of nitrogens with zero attached hydrogens (tertiary/aromatic N) is 4. The van der Waals surface area contributed by atoms with Crippen molar-refractivity contribution in [3.63, 3.8) is 0 Å². The van der Waals surface area contributed by atoms with Gasteiger partial charge in [-0.2, -0.15) is 0 Å². The van der Waals surface area contributed by atoms with Crippen LogP contribution in [0.3, 0.4) is 0 Å². The van der Waals surface area contributed by atoms with Gasteiger partial charge in [0, 0.05) is 26.0 Å². The zero-order valence-corrected chi connectivity index (χ0v) is 15.8. The molecule has 0 saturated carbocycles. The number of carbonyl (C=O) groups is 1. The lowest BCUT2D eigenvalue weighted by atomic mass is 10.1. The number of hydrogen-bond acceptors (Lipinski definition) is 5. The number of carbonyl (C=O) groups excluding carboxylic acids is 1. The maximum atomic E-state index is 14.0. The third-order valence-electron chi connectivity index (χ3n) is 5.03. The molecule has 1 saturated heterocycles. The van der Waals surface area contributed by atoms with Crippen LogP contribution in [0, 0.1) is 5.82 Å². The van der Waals surface area contributed by atoms with Crippen molar-refractivity contribution < 1.29 is 14.3 Å². The summed E-state index contributed by atoms with van der Waals surface area (Å²) in [6.45, 7) is 0.646. The summed E-state index contributed by atoms with van der Waals surface area (Å²) < 4.78 is 14.0. The fraction of sp³-hybridized carbons (Fsp3) is 0.286. The Hall–Kier alpha value is -3.22. The fourth-order valence-corrected chi connectivity index (χ4v) is 3.66. The summed E-state index contributed by atoms with van der Waals surface area (Å²) in [5.74, 6) is 0.528. The molecule has 4 rings (SSSR count). The van der Waals surface area contributed by atoms with Crippen molar-refractivity contribution in [2.24, 2.45) is 0 Å². The first-order valence-electron chi connectivity index (χ1n) is 9.19. The SMILES string of the molecule is CN(C)C(=O)[C@@H]1CCCN1c1nc(-c2ccccc2O)nc2ccc(F)cc12. The van der Waals surface area contributed by atoms with E-state index in [4.69, 9.17) is 0 Å². The Balaban J connectivity index is 1.92. The number of aromatic hydroxyl groups is 1. The van der Waals surface area contributed by atoms with Gasteiger partial charge in [-0.15, -0.1) is 0 Å². The molecule has 144 valence electrons. The Morgan fingerprint density at radius 3 is 2.75 bits per heavy atom. The van der Waals surface area contributed by atoms with Crippen molar-refractivity contribution >= 4 is 22.6 Å². The number of aromatic nitrogens is 2. The normalized spacial score (nSPS) is 16.5. The van der Waals surface area contributed by atoms with Gasteiger partial charge in [0.1, 0.15) is 23.4 Å². The van der Waals surface area contributed by atoms with Crippen LogP contribution in [0.5, 0.6) is 5.75 Å². The van der Waals surface area contributed by atoms with Crippen LogP contribution >= 0.6 is 0 Å². The summed E-state index contributed by atoms with van der Waals surface area (Å²) in [6.07, 6.45) is 1.56. The number of hydrogen-bond donors (Lipinski definition) is 1. The Morgan fingerprint density at radius 2 is 2.00 bits per heavy atom. The lowest BCUT2D eigenvalue weighted by Gasteiger charge is -2.28. The van der Waals surface area contributed by atoms with E-state index in [2.05, 4.69) is 9.97 Å². The van der Waals surface area contributed by atoms with Gasteiger partial charge in [-0.3, -0.25) is 4.79 Å². The van der Waals surface area contributed by atoms with E-state index in [1.165, 1.54) is 12.1 Å². The average Bonchev–Trinajstić information content (AvgIpc) is 3.16. The number of anilines is 1. The first-order chi connectivity index (χ1) is 13.5. The topological polar surface area (TPSA) is 69.6 Å². The molecule has 6 nitrogen and oxygen atoms in total. The Bertz CT molecular complexity index is 1050. The number of halogens is 1. The molecule has 0 aliphatic carbocycles. The molecule has 1 amide bonds. The van der Waals surface area contributed by atoms with Crippen LogP contribution in [0.25, 0.3) is 22.3 Å². The van der Waals surface area contributed by atoms with Gasteiger partial charge in [-0.25, -0.2) is 14.4 Å². The largest absolute Gasteiger partial charge is 0.507 e. The summed E-state index contributed by atoms with van der Waals surface area (Å²) >= 11 is 0. The molecule has 28 heavy (non-hydrogen) atoms. The van der Waals surface area contributed by atoms with E-state index in [9.17, 15) is 14.3 Å². The molecule has 3 aromatic rings. The molecule has 2 heterocycles.